The van der Waals surface area contributed by atoms with Crippen molar-refractivity contribution >= 4 is 17.7 Å². The lowest BCUT2D eigenvalue weighted by molar-refractivity contribution is -0.118. The van der Waals surface area contributed by atoms with Gasteiger partial charge >= 0.3 is 0 Å². The molecule has 1 aromatic carbocycles. The first kappa shape index (κ1) is 15.1. The number of hydrogen-bond acceptors (Lipinski definition) is 3. The molecule has 1 amide bonds. The Kier molecular flexibility index (Phi) is 7.53. The highest BCUT2D eigenvalue weighted by Crippen LogP contribution is 2.06. The van der Waals surface area contributed by atoms with Crippen molar-refractivity contribution in [1.29, 1.82) is 0 Å². The van der Waals surface area contributed by atoms with Gasteiger partial charge in [0.25, 0.3) is 0 Å². The van der Waals surface area contributed by atoms with Crippen LogP contribution in [-0.2, 0) is 17.9 Å². The minimum atomic E-state index is 0.0364. The maximum absolute atomic E-state index is 11.6. The molecule has 1 aromatic rings. The highest BCUT2D eigenvalue weighted by atomic mass is 32.2. The SMILES string of the molecule is CCCCSCC(=O)NCc1cccc(CO)c1. The van der Waals surface area contributed by atoms with Gasteiger partial charge in [0, 0.05) is 6.54 Å². The molecule has 0 spiro atoms. The molecule has 0 radical (unpaired) electrons. The van der Waals surface area contributed by atoms with Crippen LogP contribution in [0.15, 0.2) is 24.3 Å². The third kappa shape index (κ3) is 6.07. The van der Waals surface area contributed by atoms with E-state index in [4.69, 9.17) is 5.11 Å². The van der Waals surface area contributed by atoms with Gasteiger partial charge in [-0.3, -0.25) is 4.79 Å². The lowest BCUT2D eigenvalue weighted by Crippen LogP contribution is -2.24. The number of amides is 1. The average Bonchev–Trinajstić information content (AvgIpc) is 2.41. The third-order valence-electron chi connectivity index (χ3n) is 2.54. The summed E-state index contributed by atoms with van der Waals surface area (Å²) in [4.78, 5) is 11.6. The van der Waals surface area contributed by atoms with Gasteiger partial charge in [-0.25, -0.2) is 0 Å². The molecule has 2 N–H and O–H groups in total. The fourth-order valence-corrected chi connectivity index (χ4v) is 2.43. The zero-order chi connectivity index (χ0) is 13.2. The second-order valence-electron chi connectivity index (χ2n) is 4.16. The van der Waals surface area contributed by atoms with Gasteiger partial charge in [0.1, 0.15) is 0 Å². The Hall–Kier alpha value is -1.00. The molecule has 1 rings (SSSR count). The van der Waals surface area contributed by atoms with Crippen LogP contribution < -0.4 is 5.32 Å². The van der Waals surface area contributed by atoms with Crippen LogP contribution in [0.4, 0.5) is 0 Å². The predicted molar refractivity (Wildman–Crippen MR) is 76.4 cm³/mol. The van der Waals surface area contributed by atoms with E-state index in [0.717, 1.165) is 23.3 Å². The molecule has 0 aliphatic carbocycles. The molecular formula is C14H21NO2S. The molecule has 4 heteroatoms. The number of aliphatic hydroxyl groups is 1. The summed E-state index contributed by atoms with van der Waals surface area (Å²) in [6.07, 6.45) is 2.33. The number of aliphatic hydroxyl groups excluding tert-OH is 1. The maximum atomic E-state index is 11.6. The normalized spacial score (nSPS) is 10.3. The van der Waals surface area contributed by atoms with E-state index in [-0.39, 0.29) is 12.5 Å². The van der Waals surface area contributed by atoms with E-state index < -0.39 is 0 Å². The molecule has 0 fully saturated rings. The Labute approximate surface area is 113 Å². The van der Waals surface area contributed by atoms with Crippen molar-refractivity contribution in [2.24, 2.45) is 0 Å². The maximum Gasteiger partial charge on any atom is 0.230 e. The van der Waals surface area contributed by atoms with Crippen molar-refractivity contribution in [2.75, 3.05) is 11.5 Å². The molecular weight excluding hydrogens is 246 g/mol. The molecule has 100 valence electrons. The zero-order valence-corrected chi connectivity index (χ0v) is 11.6. The molecule has 0 aromatic heterocycles. The lowest BCUT2D eigenvalue weighted by Gasteiger charge is -2.06. The minimum Gasteiger partial charge on any atom is -0.392 e. The average molecular weight is 267 g/mol. The Morgan fingerprint density at radius 1 is 1.39 bits per heavy atom. The van der Waals surface area contributed by atoms with Crippen LogP contribution in [0.25, 0.3) is 0 Å². The molecule has 0 unspecified atom stereocenters. The summed E-state index contributed by atoms with van der Waals surface area (Å²) in [5.41, 5.74) is 1.90. The number of thioether (sulfide) groups is 1. The highest BCUT2D eigenvalue weighted by molar-refractivity contribution is 7.99. The third-order valence-corrected chi connectivity index (χ3v) is 3.58. The number of unbranched alkanes of at least 4 members (excludes halogenated alkanes) is 1. The summed E-state index contributed by atoms with van der Waals surface area (Å²) in [6.45, 7) is 2.71. The number of benzene rings is 1. The molecule has 0 heterocycles. The molecule has 0 aliphatic heterocycles. The van der Waals surface area contributed by atoms with Crippen molar-refractivity contribution in [3.05, 3.63) is 35.4 Å². The Balaban J connectivity index is 2.24. The fraction of sp³-hybridized carbons (Fsp3) is 0.500. The highest BCUT2D eigenvalue weighted by Gasteiger charge is 2.01. The number of hydrogen-bond donors (Lipinski definition) is 2. The largest absolute Gasteiger partial charge is 0.392 e. The van der Waals surface area contributed by atoms with Crippen molar-refractivity contribution in [3.63, 3.8) is 0 Å². The van der Waals surface area contributed by atoms with Crippen LogP contribution in [0.2, 0.25) is 0 Å². The molecule has 0 saturated heterocycles. The molecule has 18 heavy (non-hydrogen) atoms. The molecule has 0 saturated carbocycles. The van der Waals surface area contributed by atoms with Gasteiger partial charge in [0.15, 0.2) is 0 Å². The van der Waals surface area contributed by atoms with E-state index in [1.165, 1.54) is 6.42 Å². The second-order valence-corrected chi connectivity index (χ2v) is 5.27. The van der Waals surface area contributed by atoms with E-state index in [9.17, 15) is 4.79 Å². The summed E-state index contributed by atoms with van der Waals surface area (Å²) < 4.78 is 0. The second kappa shape index (κ2) is 9.00. The first-order chi connectivity index (χ1) is 8.76. The van der Waals surface area contributed by atoms with Crippen LogP contribution >= 0.6 is 11.8 Å². The van der Waals surface area contributed by atoms with Crippen LogP contribution in [0, 0.1) is 0 Å². The number of nitrogens with one attached hydrogen (secondary N) is 1. The zero-order valence-electron chi connectivity index (χ0n) is 10.8. The Bertz CT molecular complexity index is 369. The van der Waals surface area contributed by atoms with E-state index in [1.807, 2.05) is 24.3 Å². The molecule has 0 bridgehead atoms. The summed E-state index contributed by atoms with van der Waals surface area (Å²) in [5, 5.41) is 11.9. The van der Waals surface area contributed by atoms with Crippen molar-refractivity contribution in [1.82, 2.24) is 5.32 Å². The minimum absolute atomic E-state index is 0.0364. The predicted octanol–water partition coefficient (Wildman–Crippen LogP) is 2.33. The van der Waals surface area contributed by atoms with Crippen LogP contribution in [0.5, 0.6) is 0 Å². The first-order valence-electron chi connectivity index (χ1n) is 6.29. The summed E-state index contributed by atoms with van der Waals surface area (Å²) in [5.74, 6) is 1.65. The summed E-state index contributed by atoms with van der Waals surface area (Å²) in [7, 11) is 0. The standard InChI is InChI=1S/C14H21NO2S/c1-2-3-7-18-11-14(17)15-9-12-5-4-6-13(8-12)10-16/h4-6,8,16H,2-3,7,9-11H2,1H3,(H,15,17). The molecule has 3 nitrogen and oxygen atoms in total. The van der Waals surface area contributed by atoms with Crippen LogP contribution in [0.3, 0.4) is 0 Å². The molecule has 0 aliphatic rings. The van der Waals surface area contributed by atoms with E-state index in [0.29, 0.717) is 12.3 Å². The summed E-state index contributed by atoms with van der Waals surface area (Å²) >= 11 is 1.68. The van der Waals surface area contributed by atoms with E-state index >= 15 is 0 Å². The van der Waals surface area contributed by atoms with Crippen LogP contribution in [-0.4, -0.2) is 22.5 Å². The number of carbonyl (C=O) groups is 1. The number of rotatable bonds is 8. The Morgan fingerprint density at radius 3 is 2.89 bits per heavy atom. The topological polar surface area (TPSA) is 49.3 Å². The van der Waals surface area contributed by atoms with Gasteiger partial charge in [-0.1, -0.05) is 37.6 Å². The van der Waals surface area contributed by atoms with Gasteiger partial charge in [-0.2, -0.15) is 11.8 Å². The monoisotopic (exact) mass is 267 g/mol. The van der Waals surface area contributed by atoms with Gasteiger partial charge in [-0.15, -0.1) is 0 Å². The molecule has 0 atom stereocenters. The smallest absolute Gasteiger partial charge is 0.230 e. The van der Waals surface area contributed by atoms with Gasteiger partial charge in [0.2, 0.25) is 5.91 Å². The van der Waals surface area contributed by atoms with Crippen molar-refractivity contribution in [3.8, 4) is 0 Å². The first-order valence-corrected chi connectivity index (χ1v) is 7.45. The summed E-state index contributed by atoms with van der Waals surface area (Å²) in [6, 6.07) is 7.61. The van der Waals surface area contributed by atoms with E-state index in [2.05, 4.69) is 12.2 Å². The quantitative estimate of drug-likeness (QED) is 0.711. The van der Waals surface area contributed by atoms with Crippen molar-refractivity contribution < 1.29 is 9.90 Å². The van der Waals surface area contributed by atoms with Crippen LogP contribution in [0.1, 0.15) is 30.9 Å². The lowest BCUT2D eigenvalue weighted by atomic mass is 10.1. The van der Waals surface area contributed by atoms with Gasteiger partial charge in [-0.05, 0) is 23.3 Å². The fourth-order valence-electron chi connectivity index (χ4n) is 1.50. The Morgan fingerprint density at radius 2 is 2.17 bits per heavy atom. The van der Waals surface area contributed by atoms with Crippen molar-refractivity contribution in [2.45, 2.75) is 32.9 Å². The van der Waals surface area contributed by atoms with Gasteiger partial charge in [0.05, 0.1) is 12.4 Å². The van der Waals surface area contributed by atoms with E-state index in [1.54, 1.807) is 11.8 Å². The number of carbonyl (C=O) groups excluding carboxylic acids is 1. The van der Waals surface area contributed by atoms with Gasteiger partial charge < -0.3 is 10.4 Å².